The van der Waals surface area contributed by atoms with E-state index in [0.717, 1.165) is 6.92 Å². The SMILES string of the molecule is C[C@]1(O)[C@H](O)O[C@H](CO)[C@H](O)[C@@H]1O. The second-order valence-corrected chi connectivity index (χ2v) is 3.37. The van der Waals surface area contributed by atoms with E-state index in [2.05, 4.69) is 4.74 Å². The summed E-state index contributed by atoms with van der Waals surface area (Å²) in [4.78, 5) is 0. The fraction of sp³-hybridized carbons (Fsp3) is 1.00. The molecule has 0 aromatic carbocycles. The lowest BCUT2D eigenvalue weighted by Crippen LogP contribution is -2.65. The van der Waals surface area contributed by atoms with Gasteiger partial charge in [-0.15, -0.1) is 0 Å². The summed E-state index contributed by atoms with van der Waals surface area (Å²) in [5.41, 5.74) is -1.93. The highest BCUT2D eigenvalue weighted by Crippen LogP contribution is 2.27. The van der Waals surface area contributed by atoms with Crippen molar-refractivity contribution in [2.24, 2.45) is 0 Å². The van der Waals surface area contributed by atoms with Gasteiger partial charge in [-0.2, -0.15) is 0 Å². The minimum Gasteiger partial charge on any atom is -0.394 e. The molecule has 13 heavy (non-hydrogen) atoms. The monoisotopic (exact) mass is 194 g/mol. The van der Waals surface area contributed by atoms with Crippen molar-refractivity contribution in [1.29, 1.82) is 0 Å². The van der Waals surface area contributed by atoms with Crippen LogP contribution in [-0.2, 0) is 4.74 Å². The van der Waals surface area contributed by atoms with Crippen LogP contribution in [-0.4, -0.2) is 62.3 Å². The van der Waals surface area contributed by atoms with E-state index in [4.69, 9.17) is 5.11 Å². The van der Waals surface area contributed by atoms with E-state index in [1.807, 2.05) is 0 Å². The minimum absolute atomic E-state index is 0.536. The van der Waals surface area contributed by atoms with Crippen LogP contribution >= 0.6 is 0 Å². The maximum atomic E-state index is 9.43. The van der Waals surface area contributed by atoms with Crippen molar-refractivity contribution in [3.63, 3.8) is 0 Å². The van der Waals surface area contributed by atoms with E-state index in [-0.39, 0.29) is 0 Å². The fourth-order valence-electron chi connectivity index (χ4n) is 1.23. The number of hydrogen-bond donors (Lipinski definition) is 5. The predicted octanol–water partition coefficient (Wildman–Crippen LogP) is -2.83. The quantitative estimate of drug-likeness (QED) is 0.308. The molecule has 1 saturated heterocycles. The second-order valence-electron chi connectivity index (χ2n) is 3.37. The lowest BCUT2D eigenvalue weighted by Gasteiger charge is -2.43. The summed E-state index contributed by atoms with van der Waals surface area (Å²) in [6.45, 7) is 0.602. The Balaban J connectivity index is 2.79. The van der Waals surface area contributed by atoms with Gasteiger partial charge in [-0.25, -0.2) is 0 Å². The van der Waals surface area contributed by atoms with E-state index < -0.39 is 36.8 Å². The van der Waals surface area contributed by atoms with Gasteiger partial charge in [0.25, 0.3) is 0 Å². The highest BCUT2D eigenvalue weighted by atomic mass is 16.6. The van der Waals surface area contributed by atoms with Crippen LogP contribution < -0.4 is 0 Å². The van der Waals surface area contributed by atoms with Gasteiger partial charge in [-0.05, 0) is 6.92 Å². The topological polar surface area (TPSA) is 110 Å². The lowest BCUT2D eigenvalue weighted by molar-refractivity contribution is -0.323. The fourth-order valence-corrected chi connectivity index (χ4v) is 1.23. The third-order valence-corrected chi connectivity index (χ3v) is 2.29. The summed E-state index contributed by atoms with van der Waals surface area (Å²) >= 11 is 0. The Labute approximate surface area is 75.0 Å². The molecule has 0 radical (unpaired) electrons. The molecule has 5 N–H and O–H groups in total. The van der Waals surface area contributed by atoms with Crippen molar-refractivity contribution in [3.8, 4) is 0 Å². The maximum absolute atomic E-state index is 9.43. The second kappa shape index (κ2) is 3.49. The molecule has 1 rings (SSSR count). The minimum atomic E-state index is -1.93. The third-order valence-electron chi connectivity index (χ3n) is 2.29. The molecule has 0 saturated carbocycles. The van der Waals surface area contributed by atoms with Crippen molar-refractivity contribution in [2.45, 2.75) is 37.1 Å². The Morgan fingerprint density at radius 1 is 1.31 bits per heavy atom. The van der Waals surface area contributed by atoms with Crippen molar-refractivity contribution in [2.75, 3.05) is 6.61 Å². The van der Waals surface area contributed by atoms with Crippen LogP contribution in [0.25, 0.3) is 0 Å². The number of aliphatic hydroxyl groups is 5. The molecule has 0 amide bonds. The summed E-state index contributed by atoms with van der Waals surface area (Å²) in [7, 11) is 0. The summed E-state index contributed by atoms with van der Waals surface area (Å²) in [6, 6.07) is 0. The maximum Gasteiger partial charge on any atom is 0.186 e. The molecular formula is C7H14O6. The average molecular weight is 194 g/mol. The van der Waals surface area contributed by atoms with Crippen LogP contribution in [0.4, 0.5) is 0 Å². The molecule has 1 fully saturated rings. The van der Waals surface area contributed by atoms with Crippen LogP contribution in [0.3, 0.4) is 0 Å². The number of aliphatic hydroxyl groups excluding tert-OH is 4. The smallest absolute Gasteiger partial charge is 0.186 e. The standard InChI is InChI=1S/C7H14O6/c1-7(12)5(10)4(9)3(2-8)13-6(7)11/h3-6,8-12H,2H2,1H3/t3-,4+,5+,6-,7-/m1/s1. The van der Waals surface area contributed by atoms with E-state index in [1.54, 1.807) is 0 Å². The summed E-state index contributed by atoms with van der Waals surface area (Å²) in [5, 5.41) is 45.9. The zero-order chi connectivity index (χ0) is 10.2. The molecule has 78 valence electrons. The van der Waals surface area contributed by atoms with Gasteiger partial charge in [0.1, 0.15) is 23.9 Å². The van der Waals surface area contributed by atoms with Crippen LogP contribution in [0.2, 0.25) is 0 Å². The van der Waals surface area contributed by atoms with Crippen molar-refractivity contribution in [3.05, 3.63) is 0 Å². The van der Waals surface area contributed by atoms with Crippen molar-refractivity contribution in [1.82, 2.24) is 0 Å². The molecule has 0 aromatic heterocycles. The summed E-state index contributed by atoms with van der Waals surface area (Å²) < 4.78 is 4.68. The largest absolute Gasteiger partial charge is 0.394 e. The zero-order valence-corrected chi connectivity index (χ0v) is 7.16. The average Bonchev–Trinajstić information content (AvgIpc) is 2.09. The molecule has 0 aromatic rings. The Bertz CT molecular complexity index is 182. The summed E-state index contributed by atoms with van der Waals surface area (Å²) in [6.07, 6.45) is -5.66. The molecule has 0 spiro atoms. The Morgan fingerprint density at radius 2 is 1.85 bits per heavy atom. The van der Waals surface area contributed by atoms with Gasteiger partial charge in [0.2, 0.25) is 0 Å². The van der Waals surface area contributed by atoms with Crippen LogP contribution in [0.15, 0.2) is 0 Å². The van der Waals surface area contributed by atoms with Crippen molar-refractivity contribution >= 4 is 0 Å². The van der Waals surface area contributed by atoms with Crippen LogP contribution in [0, 0.1) is 0 Å². The van der Waals surface area contributed by atoms with Gasteiger partial charge in [0.15, 0.2) is 6.29 Å². The molecule has 6 heteroatoms. The molecule has 1 aliphatic heterocycles. The molecule has 0 bridgehead atoms. The lowest BCUT2D eigenvalue weighted by atomic mass is 9.88. The van der Waals surface area contributed by atoms with Crippen LogP contribution in [0.1, 0.15) is 6.92 Å². The molecular weight excluding hydrogens is 180 g/mol. The van der Waals surface area contributed by atoms with Gasteiger partial charge < -0.3 is 30.3 Å². The first-order chi connectivity index (χ1) is 5.91. The first-order valence-electron chi connectivity index (χ1n) is 3.94. The first-order valence-corrected chi connectivity index (χ1v) is 3.94. The highest BCUT2D eigenvalue weighted by molar-refractivity contribution is 4.96. The predicted molar refractivity (Wildman–Crippen MR) is 40.6 cm³/mol. The number of rotatable bonds is 1. The molecule has 6 nitrogen and oxygen atoms in total. The third kappa shape index (κ3) is 1.69. The molecule has 1 heterocycles. The number of hydrogen-bond acceptors (Lipinski definition) is 6. The molecule has 1 aliphatic rings. The van der Waals surface area contributed by atoms with Gasteiger partial charge in [-0.1, -0.05) is 0 Å². The van der Waals surface area contributed by atoms with Gasteiger partial charge in [0, 0.05) is 0 Å². The van der Waals surface area contributed by atoms with Crippen LogP contribution in [0.5, 0.6) is 0 Å². The normalized spacial score (nSPS) is 52.2. The van der Waals surface area contributed by atoms with Gasteiger partial charge >= 0.3 is 0 Å². The Morgan fingerprint density at radius 3 is 2.31 bits per heavy atom. The Kier molecular flexibility index (Phi) is 2.91. The molecule has 5 atom stereocenters. The van der Waals surface area contributed by atoms with E-state index in [0.29, 0.717) is 0 Å². The zero-order valence-electron chi connectivity index (χ0n) is 7.16. The highest BCUT2D eigenvalue weighted by Gasteiger charge is 2.50. The van der Waals surface area contributed by atoms with E-state index in [1.165, 1.54) is 0 Å². The number of ether oxygens (including phenoxy) is 1. The van der Waals surface area contributed by atoms with E-state index >= 15 is 0 Å². The van der Waals surface area contributed by atoms with Gasteiger partial charge in [-0.3, -0.25) is 0 Å². The summed E-state index contributed by atoms with van der Waals surface area (Å²) in [5.74, 6) is 0. The van der Waals surface area contributed by atoms with Crippen molar-refractivity contribution < 1.29 is 30.3 Å². The van der Waals surface area contributed by atoms with Gasteiger partial charge in [0.05, 0.1) is 6.61 Å². The Hall–Kier alpha value is -0.240. The van der Waals surface area contributed by atoms with E-state index in [9.17, 15) is 20.4 Å². The molecule has 0 unspecified atom stereocenters. The molecule has 0 aliphatic carbocycles. The first kappa shape index (κ1) is 10.8.